The summed E-state index contributed by atoms with van der Waals surface area (Å²) >= 11 is 2.77. The van der Waals surface area contributed by atoms with Crippen LogP contribution in [0.2, 0.25) is 0 Å². The topological polar surface area (TPSA) is 52.6 Å². The Hall–Kier alpha value is -1.50. The third kappa shape index (κ3) is 3.63. The summed E-state index contributed by atoms with van der Waals surface area (Å²) in [6.07, 6.45) is 1.12. The van der Waals surface area contributed by atoms with Gasteiger partial charge in [0, 0.05) is 6.61 Å². The van der Waals surface area contributed by atoms with Gasteiger partial charge in [-0.1, -0.05) is 12.1 Å². The first-order valence-electron chi connectivity index (χ1n) is 7.16. The number of hydrogen-bond donors (Lipinski definition) is 0. The Morgan fingerprint density at radius 2 is 2.09 bits per heavy atom. The summed E-state index contributed by atoms with van der Waals surface area (Å²) in [5, 5.41) is 3.71. The molecule has 0 saturated carbocycles. The summed E-state index contributed by atoms with van der Waals surface area (Å²) < 4.78 is 10.9. The van der Waals surface area contributed by atoms with Gasteiger partial charge in [-0.15, -0.1) is 22.7 Å². The smallest absolute Gasteiger partial charge is 0.309 e. The van der Waals surface area contributed by atoms with E-state index in [-0.39, 0.29) is 24.3 Å². The molecule has 6 heteroatoms. The number of rotatable bonds is 6. The second kappa shape index (κ2) is 7.17. The van der Waals surface area contributed by atoms with E-state index in [0.29, 0.717) is 11.5 Å². The molecule has 3 heterocycles. The zero-order valence-corrected chi connectivity index (χ0v) is 13.5. The molecule has 2 atom stereocenters. The Morgan fingerprint density at radius 3 is 2.73 bits per heavy atom. The van der Waals surface area contributed by atoms with Crippen molar-refractivity contribution in [3.05, 3.63) is 44.8 Å². The minimum Gasteiger partial charge on any atom is -0.448 e. The zero-order valence-electron chi connectivity index (χ0n) is 11.9. The van der Waals surface area contributed by atoms with Gasteiger partial charge in [-0.3, -0.25) is 9.59 Å². The molecule has 4 nitrogen and oxygen atoms in total. The minimum atomic E-state index is -0.854. The number of ether oxygens (including phenoxy) is 2. The lowest BCUT2D eigenvalue weighted by Gasteiger charge is -2.16. The molecule has 116 valence electrons. The summed E-state index contributed by atoms with van der Waals surface area (Å²) in [7, 11) is 0. The Balaban J connectivity index is 1.71. The van der Waals surface area contributed by atoms with Gasteiger partial charge >= 0.3 is 5.97 Å². The molecule has 0 N–H and O–H groups in total. The first kappa shape index (κ1) is 15.4. The van der Waals surface area contributed by atoms with Crippen molar-refractivity contribution >= 4 is 34.4 Å². The molecule has 3 rings (SSSR count). The van der Waals surface area contributed by atoms with E-state index in [0.717, 1.165) is 17.7 Å². The number of carbonyl (C=O) groups excluding carboxylic acids is 2. The molecular formula is C16H16O4S2. The van der Waals surface area contributed by atoms with Crippen molar-refractivity contribution in [1.82, 2.24) is 0 Å². The van der Waals surface area contributed by atoms with Crippen LogP contribution in [0.25, 0.3) is 0 Å². The maximum Gasteiger partial charge on any atom is 0.309 e. The third-order valence-corrected chi connectivity index (χ3v) is 5.27. The number of thiophene rings is 2. The van der Waals surface area contributed by atoms with E-state index in [2.05, 4.69) is 0 Å². The standard InChI is InChI=1S/C16H16O4S2/c17-14(10-11-4-1-7-19-11)20-16(13-6-3-9-22-13)15(18)12-5-2-8-21-12/h2-3,5-6,8-9,11,16H,1,4,7,10H2. The van der Waals surface area contributed by atoms with E-state index in [9.17, 15) is 9.59 Å². The monoisotopic (exact) mass is 336 g/mol. The van der Waals surface area contributed by atoms with Gasteiger partial charge < -0.3 is 9.47 Å². The normalized spacial score (nSPS) is 19.0. The predicted molar refractivity (Wildman–Crippen MR) is 85.4 cm³/mol. The van der Waals surface area contributed by atoms with Gasteiger partial charge in [0.25, 0.3) is 0 Å². The highest BCUT2D eigenvalue weighted by Crippen LogP contribution is 2.29. The predicted octanol–water partition coefficient (Wildman–Crippen LogP) is 3.85. The second-order valence-corrected chi connectivity index (χ2v) is 6.99. The number of ketones is 1. The summed E-state index contributed by atoms with van der Waals surface area (Å²) in [6, 6.07) is 7.24. The molecule has 1 saturated heterocycles. The van der Waals surface area contributed by atoms with Crippen molar-refractivity contribution in [2.24, 2.45) is 0 Å². The first-order chi connectivity index (χ1) is 10.7. The van der Waals surface area contributed by atoms with Crippen LogP contribution in [0.4, 0.5) is 0 Å². The Kier molecular flexibility index (Phi) is 5.02. The Labute approximate surface area is 136 Å². The lowest BCUT2D eigenvalue weighted by molar-refractivity contribution is -0.149. The molecule has 22 heavy (non-hydrogen) atoms. The van der Waals surface area contributed by atoms with Crippen LogP contribution >= 0.6 is 22.7 Å². The van der Waals surface area contributed by atoms with Gasteiger partial charge in [0.2, 0.25) is 5.78 Å². The van der Waals surface area contributed by atoms with Crippen molar-refractivity contribution in [1.29, 1.82) is 0 Å². The first-order valence-corrected chi connectivity index (χ1v) is 8.92. The highest BCUT2D eigenvalue weighted by atomic mass is 32.1. The molecule has 0 aromatic carbocycles. The minimum absolute atomic E-state index is 0.0756. The summed E-state index contributed by atoms with van der Waals surface area (Å²) in [5.74, 6) is -0.548. The van der Waals surface area contributed by atoms with Crippen LogP contribution in [0.3, 0.4) is 0 Å². The molecule has 0 spiro atoms. The molecule has 1 aliphatic rings. The van der Waals surface area contributed by atoms with Crippen LogP contribution in [-0.2, 0) is 14.3 Å². The number of hydrogen-bond acceptors (Lipinski definition) is 6. The van der Waals surface area contributed by atoms with E-state index in [4.69, 9.17) is 9.47 Å². The third-order valence-electron chi connectivity index (χ3n) is 3.47. The quantitative estimate of drug-likeness (QED) is 0.594. The van der Waals surface area contributed by atoms with E-state index >= 15 is 0 Å². The second-order valence-electron chi connectivity index (χ2n) is 5.07. The lowest BCUT2D eigenvalue weighted by Crippen LogP contribution is -2.22. The SMILES string of the molecule is O=C(CC1CCCO1)OC(C(=O)c1cccs1)c1cccs1. The van der Waals surface area contributed by atoms with Gasteiger partial charge in [-0.05, 0) is 35.7 Å². The molecule has 2 aromatic heterocycles. The van der Waals surface area contributed by atoms with E-state index in [1.54, 1.807) is 6.07 Å². The van der Waals surface area contributed by atoms with Gasteiger partial charge in [-0.2, -0.15) is 0 Å². The van der Waals surface area contributed by atoms with Crippen LogP contribution in [-0.4, -0.2) is 24.5 Å². The van der Waals surface area contributed by atoms with Gasteiger partial charge in [0.15, 0.2) is 6.10 Å². The van der Waals surface area contributed by atoms with Crippen molar-refractivity contribution in [3.63, 3.8) is 0 Å². The fourth-order valence-electron chi connectivity index (χ4n) is 2.40. The summed E-state index contributed by atoms with van der Waals surface area (Å²) in [4.78, 5) is 26.1. The summed E-state index contributed by atoms with van der Waals surface area (Å²) in [6.45, 7) is 0.695. The molecule has 0 amide bonds. The lowest BCUT2D eigenvalue weighted by atomic mass is 10.1. The molecule has 2 aromatic rings. The molecular weight excluding hydrogens is 320 g/mol. The van der Waals surface area contributed by atoms with E-state index < -0.39 is 6.10 Å². The average Bonchev–Trinajstić information content (AvgIpc) is 3.24. The van der Waals surface area contributed by atoms with Crippen LogP contribution < -0.4 is 0 Å². The molecule has 0 aliphatic carbocycles. The van der Waals surface area contributed by atoms with E-state index in [1.807, 2.05) is 29.0 Å². The molecule has 2 unspecified atom stereocenters. The van der Waals surface area contributed by atoms with Crippen LogP contribution in [0.5, 0.6) is 0 Å². The maximum atomic E-state index is 12.6. The maximum absolute atomic E-state index is 12.6. The zero-order chi connectivity index (χ0) is 15.4. The van der Waals surface area contributed by atoms with Gasteiger partial charge in [0.1, 0.15) is 0 Å². The van der Waals surface area contributed by atoms with Crippen LogP contribution in [0, 0.1) is 0 Å². The largest absolute Gasteiger partial charge is 0.448 e. The average molecular weight is 336 g/mol. The molecule has 1 fully saturated rings. The molecule has 0 radical (unpaired) electrons. The number of carbonyl (C=O) groups is 2. The van der Waals surface area contributed by atoms with Crippen LogP contribution in [0.15, 0.2) is 35.0 Å². The Bertz CT molecular complexity index is 613. The van der Waals surface area contributed by atoms with Crippen molar-refractivity contribution < 1.29 is 19.1 Å². The van der Waals surface area contributed by atoms with E-state index in [1.165, 1.54) is 22.7 Å². The highest BCUT2D eigenvalue weighted by Gasteiger charge is 2.29. The highest BCUT2D eigenvalue weighted by molar-refractivity contribution is 7.12. The number of esters is 1. The molecule has 0 bridgehead atoms. The van der Waals surface area contributed by atoms with Crippen molar-refractivity contribution in [2.75, 3.05) is 6.61 Å². The van der Waals surface area contributed by atoms with Gasteiger partial charge in [0.05, 0.1) is 22.3 Å². The molecule has 1 aliphatic heterocycles. The van der Waals surface area contributed by atoms with Crippen LogP contribution in [0.1, 0.15) is 39.9 Å². The van der Waals surface area contributed by atoms with Gasteiger partial charge in [-0.25, -0.2) is 0 Å². The van der Waals surface area contributed by atoms with Crippen molar-refractivity contribution in [2.45, 2.75) is 31.5 Å². The fraction of sp³-hybridized carbons (Fsp3) is 0.375. The number of Topliss-reactive ketones (excluding diaryl/α,β-unsaturated/α-hetero) is 1. The Morgan fingerprint density at radius 1 is 1.27 bits per heavy atom. The van der Waals surface area contributed by atoms with Crippen molar-refractivity contribution in [3.8, 4) is 0 Å². The fourth-order valence-corrected chi connectivity index (χ4v) is 3.83. The summed E-state index contributed by atoms with van der Waals surface area (Å²) in [5.41, 5.74) is 0.